The largest absolute Gasteiger partial charge is 0.380 e. The van der Waals surface area contributed by atoms with Crippen LogP contribution in [0.2, 0.25) is 0 Å². The summed E-state index contributed by atoms with van der Waals surface area (Å²) in [5.74, 6) is 0.968. The molecule has 2 aliphatic rings. The van der Waals surface area contributed by atoms with Crippen molar-refractivity contribution in [3.05, 3.63) is 0 Å². The lowest BCUT2D eigenvalue weighted by Gasteiger charge is -2.26. The maximum atomic E-state index is 5.46. The molecule has 0 bridgehead atoms. The van der Waals surface area contributed by atoms with E-state index in [0.717, 1.165) is 25.7 Å². The normalized spacial score (nSPS) is 24.8. The van der Waals surface area contributed by atoms with Gasteiger partial charge < -0.3 is 15.0 Å². The topological polar surface area (TPSA) is 24.5 Å². The molecule has 0 aromatic heterocycles. The highest BCUT2D eigenvalue weighted by Gasteiger charge is 2.15. The van der Waals surface area contributed by atoms with Crippen LogP contribution in [0.15, 0.2) is 0 Å². The second kappa shape index (κ2) is 8.29. The van der Waals surface area contributed by atoms with Crippen LogP contribution in [0.4, 0.5) is 0 Å². The SMILES string of the molecule is C1COCCN(CCC2CCNCC2)C1.Cl. The van der Waals surface area contributed by atoms with Crippen LogP contribution in [0.3, 0.4) is 0 Å². The molecule has 0 aliphatic carbocycles. The average Bonchev–Trinajstić information content (AvgIpc) is 2.56. The Balaban J connectivity index is 0.00000128. The van der Waals surface area contributed by atoms with Gasteiger partial charge in [0.15, 0.2) is 0 Å². The molecule has 0 saturated carbocycles. The van der Waals surface area contributed by atoms with E-state index in [2.05, 4.69) is 10.2 Å². The third-order valence-corrected chi connectivity index (χ3v) is 3.63. The van der Waals surface area contributed by atoms with Crippen molar-refractivity contribution in [3.63, 3.8) is 0 Å². The number of rotatable bonds is 3. The molecule has 0 aromatic rings. The number of piperidine rings is 1. The Kier molecular flexibility index (Phi) is 7.37. The third-order valence-electron chi connectivity index (χ3n) is 3.63. The van der Waals surface area contributed by atoms with E-state index in [1.54, 1.807) is 0 Å². The minimum atomic E-state index is 0. The zero-order chi connectivity index (χ0) is 10.3. The second-order valence-electron chi connectivity index (χ2n) is 4.79. The van der Waals surface area contributed by atoms with Crippen molar-refractivity contribution < 1.29 is 4.74 Å². The molecule has 2 fully saturated rings. The van der Waals surface area contributed by atoms with Crippen molar-refractivity contribution in [1.29, 1.82) is 0 Å². The molecule has 3 nitrogen and oxygen atoms in total. The lowest BCUT2D eigenvalue weighted by Crippen LogP contribution is -2.32. The van der Waals surface area contributed by atoms with Gasteiger partial charge in [0, 0.05) is 19.7 Å². The Bertz CT molecular complexity index is 166. The maximum absolute atomic E-state index is 5.46. The molecule has 0 unspecified atom stereocenters. The van der Waals surface area contributed by atoms with Crippen molar-refractivity contribution >= 4 is 12.4 Å². The summed E-state index contributed by atoms with van der Waals surface area (Å²) in [6.45, 7) is 8.03. The predicted molar refractivity (Wildman–Crippen MR) is 69.3 cm³/mol. The highest BCUT2D eigenvalue weighted by atomic mass is 35.5. The summed E-state index contributed by atoms with van der Waals surface area (Å²) < 4.78 is 5.46. The number of nitrogens with one attached hydrogen (secondary N) is 1. The third kappa shape index (κ3) is 5.00. The van der Waals surface area contributed by atoms with Gasteiger partial charge in [-0.15, -0.1) is 12.4 Å². The van der Waals surface area contributed by atoms with Crippen LogP contribution in [0.25, 0.3) is 0 Å². The first kappa shape index (κ1) is 14.2. The molecule has 2 aliphatic heterocycles. The van der Waals surface area contributed by atoms with Gasteiger partial charge in [-0.2, -0.15) is 0 Å². The van der Waals surface area contributed by atoms with Crippen LogP contribution >= 0.6 is 12.4 Å². The molecule has 0 aromatic carbocycles. The van der Waals surface area contributed by atoms with Crippen molar-refractivity contribution in [1.82, 2.24) is 10.2 Å². The van der Waals surface area contributed by atoms with E-state index in [1.807, 2.05) is 0 Å². The first-order valence-corrected chi connectivity index (χ1v) is 6.46. The molecule has 16 heavy (non-hydrogen) atoms. The van der Waals surface area contributed by atoms with Crippen LogP contribution in [0.5, 0.6) is 0 Å². The fourth-order valence-electron chi connectivity index (χ4n) is 2.56. The number of hydrogen-bond donors (Lipinski definition) is 1. The Labute approximate surface area is 105 Å². The smallest absolute Gasteiger partial charge is 0.0593 e. The van der Waals surface area contributed by atoms with E-state index in [1.165, 1.54) is 51.9 Å². The number of nitrogens with zero attached hydrogens (tertiary/aromatic N) is 1. The Morgan fingerprint density at radius 1 is 1.12 bits per heavy atom. The number of ether oxygens (including phenoxy) is 1. The molecule has 1 N–H and O–H groups in total. The van der Waals surface area contributed by atoms with Crippen LogP contribution in [0, 0.1) is 5.92 Å². The van der Waals surface area contributed by atoms with Gasteiger partial charge in [0.05, 0.1) is 6.61 Å². The summed E-state index contributed by atoms with van der Waals surface area (Å²) in [7, 11) is 0. The van der Waals surface area contributed by atoms with Gasteiger partial charge >= 0.3 is 0 Å². The molecule has 2 saturated heterocycles. The minimum absolute atomic E-state index is 0. The summed E-state index contributed by atoms with van der Waals surface area (Å²) in [5.41, 5.74) is 0. The highest BCUT2D eigenvalue weighted by molar-refractivity contribution is 5.85. The Hall–Kier alpha value is 0.170. The molecule has 96 valence electrons. The van der Waals surface area contributed by atoms with Crippen molar-refractivity contribution in [2.24, 2.45) is 5.92 Å². The molecule has 0 radical (unpaired) electrons. The summed E-state index contributed by atoms with van der Waals surface area (Å²) in [6.07, 6.45) is 5.36. The summed E-state index contributed by atoms with van der Waals surface area (Å²) in [6, 6.07) is 0. The van der Waals surface area contributed by atoms with Gasteiger partial charge in [0.2, 0.25) is 0 Å². The number of halogens is 1. The fraction of sp³-hybridized carbons (Fsp3) is 1.00. The fourth-order valence-corrected chi connectivity index (χ4v) is 2.56. The second-order valence-corrected chi connectivity index (χ2v) is 4.79. The van der Waals surface area contributed by atoms with Gasteiger partial charge in [-0.3, -0.25) is 0 Å². The average molecular weight is 249 g/mol. The minimum Gasteiger partial charge on any atom is -0.380 e. The Morgan fingerprint density at radius 3 is 2.75 bits per heavy atom. The van der Waals surface area contributed by atoms with Gasteiger partial charge in [-0.1, -0.05) is 0 Å². The first-order chi connectivity index (χ1) is 7.45. The summed E-state index contributed by atoms with van der Waals surface area (Å²) in [5, 5.41) is 3.43. The monoisotopic (exact) mass is 248 g/mol. The lowest BCUT2D eigenvalue weighted by molar-refractivity contribution is 0.139. The highest BCUT2D eigenvalue weighted by Crippen LogP contribution is 2.16. The molecule has 4 heteroatoms. The maximum Gasteiger partial charge on any atom is 0.0593 e. The van der Waals surface area contributed by atoms with E-state index in [-0.39, 0.29) is 12.4 Å². The molecule has 2 rings (SSSR count). The van der Waals surface area contributed by atoms with E-state index in [0.29, 0.717) is 0 Å². The van der Waals surface area contributed by atoms with Crippen LogP contribution in [0.1, 0.15) is 25.7 Å². The lowest BCUT2D eigenvalue weighted by atomic mass is 9.94. The Morgan fingerprint density at radius 2 is 1.94 bits per heavy atom. The van der Waals surface area contributed by atoms with Crippen molar-refractivity contribution in [2.45, 2.75) is 25.7 Å². The van der Waals surface area contributed by atoms with Crippen molar-refractivity contribution in [3.8, 4) is 0 Å². The molecule has 0 amide bonds. The van der Waals surface area contributed by atoms with Gasteiger partial charge in [-0.05, 0) is 51.2 Å². The van der Waals surface area contributed by atoms with Gasteiger partial charge in [0.1, 0.15) is 0 Å². The van der Waals surface area contributed by atoms with E-state index >= 15 is 0 Å². The van der Waals surface area contributed by atoms with Crippen molar-refractivity contribution in [2.75, 3.05) is 45.9 Å². The van der Waals surface area contributed by atoms with Crippen LogP contribution in [-0.4, -0.2) is 50.8 Å². The molecule has 0 atom stereocenters. The van der Waals surface area contributed by atoms with E-state index in [4.69, 9.17) is 4.74 Å². The first-order valence-electron chi connectivity index (χ1n) is 6.46. The summed E-state index contributed by atoms with van der Waals surface area (Å²) >= 11 is 0. The van der Waals surface area contributed by atoms with Gasteiger partial charge in [-0.25, -0.2) is 0 Å². The quantitative estimate of drug-likeness (QED) is 0.820. The standard InChI is InChI=1S/C12H24N2O.ClH/c1-7-14(9-11-15-10-1)8-4-12-2-5-13-6-3-12;/h12-13H,1-11H2;1H. The predicted octanol–water partition coefficient (Wildman–Crippen LogP) is 1.52. The van der Waals surface area contributed by atoms with E-state index < -0.39 is 0 Å². The molecular weight excluding hydrogens is 224 g/mol. The van der Waals surface area contributed by atoms with Crippen LogP contribution < -0.4 is 5.32 Å². The summed E-state index contributed by atoms with van der Waals surface area (Å²) in [4.78, 5) is 2.58. The van der Waals surface area contributed by atoms with Crippen LogP contribution in [-0.2, 0) is 4.74 Å². The number of hydrogen-bond acceptors (Lipinski definition) is 3. The molecule has 0 spiro atoms. The molecule has 2 heterocycles. The zero-order valence-corrected chi connectivity index (χ0v) is 10.9. The molecular formula is C12H25ClN2O. The zero-order valence-electron chi connectivity index (χ0n) is 10.1. The van der Waals surface area contributed by atoms with Gasteiger partial charge in [0.25, 0.3) is 0 Å². The van der Waals surface area contributed by atoms with E-state index in [9.17, 15) is 0 Å².